The van der Waals surface area contributed by atoms with Crippen LogP contribution in [0, 0.1) is 0 Å². The van der Waals surface area contributed by atoms with E-state index < -0.39 is 6.04 Å². The molecule has 2 saturated heterocycles. The Morgan fingerprint density at radius 2 is 2.00 bits per heavy atom. The highest BCUT2D eigenvalue weighted by atomic mass is 16.2. The van der Waals surface area contributed by atoms with Gasteiger partial charge < -0.3 is 10.6 Å². The number of carbonyl (C=O) groups excluding carboxylic acids is 3. The number of amides is 3. The number of imide groups is 1. The smallest absolute Gasteiger partial charge is 0.255 e. The third-order valence-electron chi connectivity index (χ3n) is 6.35. The summed E-state index contributed by atoms with van der Waals surface area (Å²) in [7, 11) is 0. The third-order valence-corrected chi connectivity index (χ3v) is 6.35. The summed E-state index contributed by atoms with van der Waals surface area (Å²) < 4.78 is 0. The molecule has 4 rings (SSSR count). The molecule has 2 atom stereocenters. The Labute approximate surface area is 165 Å². The molecule has 3 heterocycles. The highest BCUT2D eigenvalue weighted by Gasteiger charge is 2.39. The van der Waals surface area contributed by atoms with Crippen molar-refractivity contribution in [3.63, 3.8) is 0 Å². The average Bonchev–Trinajstić information content (AvgIpc) is 2.93. The van der Waals surface area contributed by atoms with Crippen molar-refractivity contribution in [1.82, 2.24) is 15.1 Å². The maximum atomic E-state index is 12.8. The van der Waals surface area contributed by atoms with E-state index in [0.29, 0.717) is 18.5 Å². The zero-order valence-electron chi connectivity index (χ0n) is 16.5. The van der Waals surface area contributed by atoms with Crippen molar-refractivity contribution in [3.05, 3.63) is 34.9 Å². The Morgan fingerprint density at radius 1 is 1.21 bits per heavy atom. The van der Waals surface area contributed by atoms with E-state index in [9.17, 15) is 14.4 Å². The van der Waals surface area contributed by atoms with Gasteiger partial charge >= 0.3 is 0 Å². The standard InChI is InChI=1S/C21H28N4O3/c1-21(2)10-15(22)7-8-24(21)11-13-3-4-16-14(9-13)12-25(20(16)28)17-5-6-18(26)23-19(17)27/h3-4,9,15,17H,5-8,10-12,22H2,1-2H3,(H,23,26,27). The zero-order chi connectivity index (χ0) is 20.1. The molecule has 0 bridgehead atoms. The lowest BCUT2D eigenvalue weighted by Gasteiger charge is -2.45. The van der Waals surface area contributed by atoms with Crippen LogP contribution in [0.1, 0.15) is 61.0 Å². The number of likely N-dealkylation sites (tertiary alicyclic amines) is 1. The fourth-order valence-corrected chi connectivity index (χ4v) is 4.74. The molecule has 0 aromatic heterocycles. The normalized spacial score (nSPS) is 27.7. The van der Waals surface area contributed by atoms with E-state index in [0.717, 1.165) is 31.5 Å². The Kier molecular flexibility index (Phi) is 4.75. The molecular formula is C21H28N4O3. The zero-order valence-corrected chi connectivity index (χ0v) is 16.5. The summed E-state index contributed by atoms with van der Waals surface area (Å²) in [6.45, 7) is 6.66. The van der Waals surface area contributed by atoms with Gasteiger partial charge in [-0.05, 0) is 50.3 Å². The van der Waals surface area contributed by atoms with Crippen LogP contribution in [0.25, 0.3) is 0 Å². The van der Waals surface area contributed by atoms with E-state index in [1.807, 2.05) is 12.1 Å². The lowest BCUT2D eigenvalue weighted by atomic mass is 9.87. The predicted octanol–water partition coefficient (Wildman–Crippen LogP) is 1.15. The third kappa shape index (κ3) is 3.44. The van der Waals surface area contributed by atoms with Gasteiger partial charge in [0.05, 0.1) is 0 Å². The molecule has 2 fully saturated rings. The van der Waals surface area contributed by atoms with Crippen molar-refractivity contribution in [1.29, 1.82) is 0 Å². The highest BCUT2D eigenvalue weighted by molar-refractivity contribution is 6.05. The maximum Gasteiger partial charge on any atom is 0.255 e. The number of nitrogens with two attached hydrogens (primary N) is 1. The number of fused-ring (bicyclic) bond motifs is 1. The van der Waals surface area contributed by atoms with Gasteiger partial charge in [-0.15, -0.1) is 0 Å². The number of nitrogens with zero attached hydrogens (tertiary/aromatic N) is 2. The van der Waals surface area contributed by atoms with Crippen LogP contribution in [0.3, 0.4) is 0 Å². The number of hydrogen-bond donors (Lipinski definition) is 2. The van der Waals surface area contributed by atoms with E-state index in [1.165, 1.54) is 5.56 Å². The molecule has 28 heavy (non-hydrogen) atoms. The highest BCUT2D eigenvalue weighted by Crippen LogP contribution is 2.31. The molecule has 3 aliphatic rings. The van der Waals surface area contributed by atoms with Crippen molar-refractivity contribution < 1.29 is 14.4 Å². The van der Waals surface area contributed by atoms with Gasteiger partial charge in [-0.25, -0.2) is 0 Å². The number of benzene rings is 1. The van der Waals surface area contributed by atoms with Crippen molar-refractivity contribution in [2.45, 2.75) is 70.2 Å². The summed E-state index contributed by atoms with van der Waals surface area (Å²) in [5.74, 6) is -0.763. The van der Waals surface area contributed by atoms with Gasteiger partial charge in [-0.2, -0.15) is 0 Å². The first-order valence-corrected chi connectivity index (χ1v) is 10.0. The van der Waals surface area contributed by atoms with Crippen molar-refractivity contribution in [3.8, 4) is 0 Å². The quantitative estimate of drug-likeness (QED) is 0.762. The molecule has 0 radical (unpaired) electrons. The first kappa shape index (κ1) is 19.1. The summed E-state index contributed by atoms with van der Waals surface area (Å²) in [6, 6.07) is 5.66. The number of piperidine rings is 2. The summed E-state index contributed by atoms with van der Waals surface area (Å²) in [5.41, 5.74) is 8.97. The summed E-state index contributed by atoms with van der Waals surface area (Å²) in [4.78, 5) is 40.4. The van der Waals surface area contributed by atoms with Gasteiger partial charge in [-0.3, -0.25) is 24.6 Å². The Balaban J connectivity index is 1.50. The van der Waals surface area contributed by atoms with Crippen LogP contribution >= 0.6 is 0 Å². The monoisotopic (exact) mass is 384 g/mol. The lowest BCUT2D eigenvalue weighted by Crippen LogP contribution is -2.52. The molecular weight excluding hydrogens is 356 g/mol. The van der Waals surface area contributed by atoms with E-state index in [4.69, 9.17) is 5.73 Å². The summed E-state index contributed by atoms with van der Waals surface area (Å²) >= 11 is 0. The van der Waals surface area contributed by atoms with Crippen LogP contribution in [0.2, 0.25) is 0 Å². The Morgan fingerprint density at radius 3 is 2.71 bits per heavy atom. The number of carbonyl (C=O) groups is 3. The lowest BCUT2D eigenvalue weighted by molar-refractivity contribution is -0.136. The van der Waals surface area contributed by atoms with Crippen LogP contribution < -0.4 is 11.1 Å². The first-order valence-electron chi connectivity index (χ1n) is 10.0. The van der Waals surface area contributed by atoms with Crippen LogP contribution in [0.5, 0.6) is 0 Å². The minimum Gasteiger partial charge on any atom is -0.328 e. The van der Waals surface area contributed by atoms with Crippen LogP contribution in [0.15, 0.2) is 18.2 Å². The molecule has 3 aliphatic heterocycles. The van der Waals surface area contributed by atoms with Gasteiger partial charge in [0.25, 0.3) is 5.91 Å². The fraction of sp³-hybridized carbons (Fsp3) is 0.571. The van der Waals surface area contributed by atoms with Crippen molar-refractivity contribution in [2.24, 2.45) is 5.73 Å². The van der Waals surface area contributed by atoms with Crippen LogP contribution in [-0.2, 0) is 22.7 Å². The summed E-state index contributed by atoms with van der Waals surface area (Å²) in [5, 5.41) is 2.34. The number of hydrogen-bond acceptors (Lipinski definition) is 5. The van der Waals surface area contributed by atoms with Gasteiger partial charge in [0.1, 0.15) is 6.04 Å². The second kappa shape index (κ2) is 6.97. The van der Waals surface area contributed by atoms with Crippen molar-refractivity contribution in [2.75, 3.05) is 6.54 Å². The SMILES string of the molecule is CC1(C)CC(N)CCN1Cc1ccc2c(c1)CN(C1CCC(=O)NC1=O)C2=O. The second-order valence-electron chi connectivity index (χ2n) is 8.88. The van der Waals surface area contributed by atoms with E-state index in [1.54, 1.807) is 4.90 Å². The average molecular weight is 384 g/mol. The molecule has 7 heteroatoms. The Bertz CT molecular complexity index is 835. The van der Waals surface area contributed by atoms with Gasteiger partial charge in [0, 0.05) is 43.2 Å². The van der Waals surface area contributed by atoms with Crippen LogP contribution in [0.4, 0.5) is 0 Å². The number of nitrogens with one attached hydrogen (secondary N) is 1. The number of rotatable bonds is 3. The molecule has 3 amide bonds. The molecule has 0 saturated carbocycles. The molecule has 0 aliphatic carbocycles. The molecule has 7 nitrogen and oxygen atoms in total. The van der Waals surface area contributed by atoms with Crippen LogP contribution in [-0.4, -0.2) is 51.7 Å². The van der Waals surface area contributed by atoms with E-state index in [-0.39, 0.29) is 35.7 Å². The van der Waals surface area contributed by atoms with Crippen molar-refractivity contribution >= 4 is 17.7 Å². The largest absolute Gasteiger partial charge is 0.328 e. The van der Waals surface area contributed by atoms with E-state index >= 15 is 0 Å². The minimum absolute atomic E-state index is 0.0469. The molecule has 0 spiro atoms. The topological polar surface area (TPSA) is 95.7 Å². The summed E-state index contributed by atoms with van der Waals surface area (Å²) in [6.07, 6.45) is 2.63. The fourth-order valence-electron chi connectivity index (χ4n) is 4.74. The first-order chi connectivity index (χ1) is 13.2. The van der Waals surface area contributed by atoms with Gasteiger partial charge in [0.15, 0.2) is 0 Å². The Hall–Kier alpha value is -2.25. The predicted molar refractivity (Wildman–Crippen MR) is 104 cm³/mol. The molecule has 1 aromatic carbocycles. The van der Waals surface area contributed by atoms with Gasteiger partial charge in [-0.1, -0.05) is 12.1 Å². The maximum absolute atomic E-state index is 12.8. The van der Waals surface area contributed by atoms with Gasteiger partial charge in [0.2, 0.25) is 11.8 Å². The molecule has 1 aromatic rings. The second-order valence-corrected chi connectivity index (χ2v) is 8.88. The van der Waals surface area contributed by atoms with E-state index in [2.05, 4.69) is 30.1 Å². The minimum atomic E-state index is -0.566. The molecule has 2 unspecified atom stereocenters. The molecule has 150 valence electrons. The molecule has 3 N–H and O–H groups in total.